The number of ether oxygens (including phenoxy) is 1. The third kappa shape index (κ3) is 3.51. The van der Waals surface area contributed by atoms with E-state index < -0.39 is 0 Å². The summed E-state index contributed by atoms with van der Waals surface area (Å²) in [6.45, 7) is 8.56. The molecule has 0 amide bonds. The van der Waals surface area contributed by atoms with Gasteiger partial charge in [0.05, 0.1) is 12.1 Å². The molecule has 0 N–H and O–H groups in total. The number of carbonyl (C=O) groups excluding carboxylic acids is 1. The van der Waals surface area contributed by atoms with Crippen LogP contribution in [0.15, 0.2) is 30.3 Å². The van der Waals surface area contributed by atoms with Crippen molar-refractivity contribution < 1.29 is 9.53 Å². The van der Waals surface area contributed by atoms with Crippen molar-refractivity contribution in [2.75, 3.05) is 18.1 Å². The Morgan fingerprint density at radius 1 is 1.33 bits per heavy atom. The van der Waals surface area contributed by atoms with E-state index in [4.69, 9.17) is 9.72 Å². The summed E-state index contributed by atoms with van der Waals surface area (Å²) in [5.41, 5.74) is 2.00. The highest BCUT2D eigenvalue weighted by Crippen LogP contribution is 2.24. The Kier molecular flexibility index (Phi) is 4.78. The number of hydrogen-bond acceptors (Lipinski definition) is 4. The van der Waals surface area contributed by atoms with Gasteiger partial charge in [0.25, 0.3) is 0 Å². The van der Waals surface area contributed by atoms with E-state index in [-0.39, 0.29) is 18.6 Å². The second-order valence-electron chi connectivity index (χ2n) is 5.35. The maximum absolute atomic E-state index is 11.8. The molecule has 4 heteroatoms. The van der Waals surface area contributed by atoms with Crippen LogP contribution < -0.4 is 4.90 Å². The molecule has 0 fully saturated rings. The predicted molar refractivity (Wildman–Crippen MR) is 85.6 cm³/mol. The van der Waals surface area contributed by atoms with E-state index in [1.165, 1.54) is 0 Å². The fraction of sp³-hybridized carbons (Fsp3) is 0.412. The van der Waals surface area contributed by atoms with Gasteiger partial charge in [-0.25, -0.2) is 4.98 Å². The van der Waals surface area contributed by atoms with Crippen molar-refractivity contribution in [2.24, 2.45) is 0 Å². The lowest BCUT2D eigenvalue weighted by Gasteiger charge is -2.28. The zero-order valence-corrected chi connectivity index (χ0v) is 13.1. The zero-order valence-electron chi connectivity index (χ0n) is 13.1. The SMILES string of the molecule is CCOC(=O)CN(c1nc2ccccc2cc1C)C(C)C. The number of benzene rings is 1. The quantitative estimate of drug-likeness (QED) is 0.791. The smallest absolute Gasteiger partial charge is 0.325 e. The van der Waals surface area contributed by atoms with Gasteiger partial charge in [-0.05, 0) is 45.4 Å². The van der Waals surface area contributed by atoms with Crippen LogP contribution in [0.3, 0.4) is 0 Å². The summed E-state index contributed by atoms with van der Waals surface area (Å²) >= 11 is 0. The lowest BCUT2D eigenvalue weighted by atomic mass is 10.1. The van der Waals surface area contributed by atoms with Crippen LogP contribution in [0.1, 0.15) is 26.3 Å². The molecule has 2 rings (SSSR count). The largest absolute Gasteiger partial charge is 0.465 e. The monoisotopic (exact) mass is 286 g/mol. The molecule has 0 aliphatic rings. The maximum atomic E-state index is 11.8. The molecule has 2 aromatic rings. The number of anilines is 1. The molecule has 0 unspecified atom stereocenters. The number of esters is 1. The van der Waals surface area contributed by atoms with Gasteiger partial charge in [-0.1, -0.05) is 18.2 Å². The molecule has 0 aliphatic heterocycles. The Bertz CT molecular complexity index is 638. The van der Waals surface area contributed by atoms with Crippen molar-refractivity contribution in [2.45, 2.75) is 33.7 Å². The topological polar surface area (TPSA) is 42.4 Å². The van der Waals surface area contributed by atoms with E-state index in [9.17, 15) is 4.79 Å². The van der Waals surface area contributed by atoms with Crippen LogP contribution in [-0.4, -0.2) is 30.1 Å². The maximum Gasteiger partial charge on any atom is 0.325 e. The van der Waals surface area contributed by atoms with Crippen LogP contribution in [0.5, 0.6) is 0 Å². The highest BCUT2D eigenvalue weighted by Gasteiger charge is 2.19. The fourth-order valence-electron chi connectivity index (χ4n) is 2.35. The fourth-order valence-corrected chi connectivity index (χ4v) is 2.35. The number of aryl methyl sites for hydroxylation is 1. The summed E-state index contributed by atoms with van der Waals surface area (Å²) in [6, 6.07) is 10.3. The normalized spacial score (nSPS) is 10.9. The minimum atomic E-state index is -0.222. The summed E-state index contributed by atoms with van der Waals surface area (Å²) in [6.07, 6.45) is 0. The van der Waals surface area contributed by atoms with Crippen LogP contribution in [0.2, 0.25) is 0 Å². The van der Waals surface area contributed by atoms with Gasteiger partial charge in [0, 0.05) is 11.4 Å². The molecule has 1 aromatic heterocycles. The Labute approximate surface area is 125 Å². The summed E-state index contributed by atoms with van der Waals surface area (Å²) in [5, 5.41) is 1.11. The van der Waals surface area contributed by atoms with Crippen LogP contribution >= 0.6 is 0 Å². The molecule has 4 nitrogen and oxygen atoms in total. The second kappa shape index (κ2) is 6.57. The molecule has 0 saturated carbocycles. The summed E-state index contributed by atoms with van der Waals surface area (Å²) in [7, 11) is 0. The first kappa shape index (κ1) is 15.3. The molecule has 0 aliphatic carbocycles. The van der Waals surface area contributed by atoms with Crippen molar-refractivity contribution in [3.05, 3.63) is 35.9 Å². The lowest BCUT2D eigenvalue weighted by Crippen LogP contribution is -2.37. The Morgan fingerprint density at radius 3 is 2.71 bits per heavy atom. The number of carbonyl (C=O) groups is 1. The number of hydrogen-bond donors (Lipinski definition) is 0. The Balaban J connectivity index is 2.39. The molecular formula is C17H22N2O2. The summed E-state index contributed by atoms with van der Waals surface area (Å²) < 4.78 is 5.06. The lowest BCUT2D eigenvalue weighted by molar-refractivity contribution is -0.141. The van der Waals surface area contributed by atoms with Gasteiger partial charge in [0.2, 0.25) is 0 Å². The molecule has 1 aromatic carbocycles. The van der Waals surface area contributed by atoms with Crippen LogP contribution in [-0.2, 0) is 9.53 Å². The van der Waals surface area contributed by atoms with Crippen molar-refractivity contribution in [1.29, 1.82) is 0 Å². The number of fused-ring (bicyclic) bond motifs is 1. The van der Waals surface area contributed by atoms with Crippen molar-refractivity contribution in [1.82, 2.24) is 4.98 Å². The number of rotatable bonds is 5. The number of pyridine rings is 1. The number of para-hydroxylation sites is 1. The number of aromatic nitrogens is 1. The van der Waals surface area contributed by atoms with Crippen LogP contribution in [0.25, 0.3) is 10.9 Å². The molecule has 0 atom stereocenters. The predicted octanol–water partition coefficient (Wildman–Crippen LogP) is 3.32. The molecule has 0 spiro atoms. The second-order valence-corrected chi connectivity index (χ2v) is 5.35. The van der Waals surface area contributed by atoms with E-state index in [1.54, 1.807) is 0 Å². The van der Waals surface area contributed by atoms with Gasteiger partial charge >= 0.3 is 5.97 Å². The average molecular weight is 286 g/mol. The molecule has 112 valence electrons. The molecule has 0 bridgehead atoms. The van der Waals surface area contributed by atoms with Crippen molar-refractivity contribution in [3.8, 4) is 0 Å². The van der Waals surface area contributed by atoms with E-state index in [0.29, 0.717) is 6.61 Å². The number of nitrogens with zero attached hydrogens (tertiary/aromatic N) is 2. The van der Waals surface area contributed by atoms with E-state index in [0.717, 1.165) is 22.3 Å². The summed E-state index contributed by atoms with van der Waals surface area (Å²) in [4.78, 5) is 18.5. The van der Waals surface area contributed by atoms with Crippen LogP contribution in [0, 0.1) is 6.92 Å². The van der Waals surface area contributed by atoms with Gasteiger partial charge in [-0.3, -0.25) is 4.79 Å². The average Bonchev–Trinajstić information content (AvgIpc) is 2.44. The molecule has 0 radical (unpaired) electrons. The zero-order chi connectivity index (χ0) is 15.4. The molecule has 0 saturated heterocycles. The van der Waals surface area contributed by atoms with Gasteiger partial charge in [0.15, 0.2) is 0 Å². The first-order valence-electron chi connectivity index (χ1n) is 7.31. The molecular weight excluding hydrogens is 264 g/mol. The van der Waals surface area contributed by atoms with E-state index >= 15 is 0 Å². The van der Waals surface area contributed by atoms with E-state index in [1.807, 2.05) is 43.0 Å². The third-order valence-electron chi connectivity index (χ3n) is 3.39. The van der Waals surface area contributed by atoms with Gasteiger partial charge < -0.3 is 9.64 Å². The first-order valence-corrected chi connectivity index (χ1v) is 7.31. The summed E-state index contributed by atoms with van der Waals surface area (Å²) in [5.74, 6) is 0.623. The standard InChI is InChI=1S/C17H22N2O2/c1-5-21-16(20)11-19(12(2)3)17-13(4)10-14-8-6-7-9-15(14)18-17/h6-10,12H,5,11H2,1-4H3. The Hall–Kier alpha value is -2.10. The highest BCUT2D eigenvalue weighted by molar-refractivity contribution is 5.83. The minimum absolute atomic E-state index is 0.168. The first-order chi connectivity index (χ1) is 10.0. The minimum Gasteiger partial charge on any atom is -0.465 e. The molecule has 1 heterocycles. The van der Waals surface area contributed by atoms with Crippen LogP contribution in [0.4, 0.5) is 5.82 Å². The van der Waals surface area contributed by atoms with E-state index in [2.05, 4.69) is 19.9 Å². The Morgan fingerprint density at radius 2 is 2.05 bits per heavy atom. The van der Waals surface area contributed by atoms with Crippen molar-refractivity contribution >= 4 is 22.7 Å². The molecule has 21 heavy (non-hydrogen) atoms. The van der Waals surface area contributed by atoms with Gasteiger partial charge in [-0.2, -0.15) is 0 Å². The highest BCUT2D eigenvalue weighted by atomic mass is 16.5. The van der Waals surface area contributed by atoms with Gasteiger partial charge in [-0.15, -0.1) is 0 Å². The third-order valence-corrected chi connectivity index (χ3v) is 3.39. The van der Waals surface area contributed by atoms with Crippen molar-refractivity contribution in [3.63, 3.8) is 0 Å². The van der Waals surface area contributed by atoms with Gasteiger partial charge in [0.1, 0.15) is 12.4 Å².